The third kappa shape index (κ3) is 4.18. The number of carbonyl (C=O) groups is 1. The van der Waals surface area contributed by atoms with Crippen molar-refractivity contribution in [2.75, 3.05) is 37.3 Å². The van der Waals surface area contributed by atoms with Crippen molar-refractivity contribution in [3.05, 3.63) is 30.5 Å². The van der Waals surface area contributed by atoms with E-state index < -0.39 is 5.60 Å². The highest BCUT2D eigenvalue weighted by Gasteiger charge is 2.26. The summed E-state index contributed by atoms with van der Waals surface area (Å²) < 4.78 is 5.47. The molecule has 0 N–H and O–H groups in total. The third-order valence-corrected chi connectivity index (χ3v) is 4.92. The van der Waals surface area contributed by atoms with Gasteiger partial charge in [-0.05, 0) is 51.3 Å². The quantitative estimate of drug-likeness (QED) is 0.758. The van der Waals surface area contributed by atoms with Crippen molar-refractivity contribution in [2.24, 2.45) is 0 Å². The normalized spacial score (nSPS) is 15.5. The lowest BCUT2D eigenvalue weighted by atomic mass is 10.1. The summed E-state index contributed by atoms with van der Waals surface area (Å²) in [7, 11) is 0. The van der Waals surface area contributed by atoms with Crippen LogP contribution < -0.4 is 4.90 Å². The summed E-state index contributed by atoms with van der Waals surface area (Å²) in [5.74, 6) is 0. The van der Waals surface area contributed by atoms with Gasteiger partial charge in [0.1, 0.15) is 5.60 Å². The Labute approximate surface area is 153 Å². The molecule has 0 aliphatic carbocycles. The zero-order chi connectivity index (χ0) is 18.0. The van der Waals surface area contributed by atoms with Crippen LogP contribution in [0.15, 0.2) is 35.4 Å². The van der Waals surface area contributed by atoms with Crippen molar-refractivity contribution in [3.63, 3.8) is 0 Å². The number of hydrogen-bond acceptors (Lipinski definition) is 5. The Bertz CT molecular complexity index is 765. The van der Waals surface area contributed by atoms with Crippen molar-refractivity contribution >= 4 is 34.4 Å². The molecule has 1 amide bonds. The first kappa shape index (κ1) is 17.9. The number of benzene rings is 1. The van der Waals surface area contributed by atoms with Crippen molar-refractivity contribution < 1.29 is 9.53 Å². The molecule has 2 aromatic rings. The van der Waals surface area contributed by atoms with Crippen molar-refractivity contribution in [1.82, 2.24) is 9.88 Å². The van der Waals surface area contributed by atoms with Gasteiger partial charge in [0.15, 0.2) is 0 Å². The van der Waals surface area contributed by atoms with Gasteiger partial charge in [-0.1, -0.05) is 0 Å². The second kappa shape index (κ2) is 7.12. The van der Waals surface area contributed by atoms with E-state index in [0.717, 1.165) is 18.6 Å². The Kier molecular flexibility index (Phi) is 5.08. The number of aromatic nitrogens is 1. The minimum Gasteiger partial charge on any atom is -0.444 e. The van der Waals surface area contributed by atoms with Gasteiger partial charge in [0.2, 0.25) is 0 Å². The minimum absolute atomic E-state index is 0.226. The fraction of sp³-hybridized carbons (Fsp3) is 0.474. The van der Waals surface area contributed by atoms with E-state index in [1.165, 1.54) is 16.0 Å². The van der Waals surface area contributed by atoms with Crippen molar-refractivity contribution in [3.8, 4) is 0 Å². The number of pyridine rings is 1. The number of piperazine rings is 1. The van der Waals surface area contributed by atoms with Gasteiger partial charge in [-0.25, -0.2) is 4.79 Å². The van der Waals surface area contributed by atoms with Gasteiger partial charge in [-0.15, -0.1) is 11.8 Å². The van der Waals surface area contributed by atoms with Crippen LogP contribution in [0.3, 0.4) is 0 Å². The topological polar surface area (TPSA) is 45.7 Å². The molecule has 3 rings (SSSR count). The molecule has 25 heavy (non-hydrogen) atoms. The Morgan fingerprint density at radius 1 is 1.16 bits per heavy atom. The van der Waals surface area contributed by atoms with E-state index in [4.69, 9.17) is 4.74 Å². The number of ether oxygens (including phenoxy) is 1. The second-order valence-electron chi connectivity index (χ2n) is 7.17. The Morgan fingerprint density at radius 2 is 1.88 bits per heavy atom. The standard InChI is InChI=1S/C19H25N3O2S/c1-19(2,3)24-18(23)22-11-9-21(10-12-22)17-7-8-20-16-6-5-14(25-4)13-15(16)17/h5-8,13H,9-12H2,1-4H3. The molecule has 0 bridgehead atoms. The van der Waals surface area contributed by atoms with Crippen LogP contribution in [0.1, 0.15) is 20.8 Å². The second-order valence-corrected chi connectivity index (χ2v) is 8.05. The predicted octanol–water partition coefficient (Wildman–Crippen LogP) is 4.01. The molecule has 0 saturated carbocycles. The highest BCUT2D eigenvalue weighted by Crippen LogP contribution is 2.29. The third-order valence-electron chi connectivity index (χ3n) is 4.20. The van der Waals surface area contributed by atoms with E-state index in [9.17, 15) is 4.79 Å². The summed E-state index contributed by atoms with van der Waals surface area (Å²) in [6, 6.07) is 8.43. The molecule has 0 spiro atoms. The number of anilines is 1. The van der Waals surface area contributed by atoms with E-state index in [1.54, 1.807) is 16.7 Å². The maximum atomic E-state index is 12.2. The van der Waals surface area contributed by atoms with Gasteiger partial charge >= 0.3 is 6.09 Å². The SMILES string of the molecule is CSc1ccc2nccc(N3CCN(C(=O)OC(C)(C)C)CC3)c2c1. The molecule has 2 heterocycles. The zero-order valence-electron chi connectivity index (χ0n) is 15.3. The number of rotatable bonds is 2. The molecule has 1 aromatic carbocycles. The molecule has 0 atom stereocenters. The molecule has 6 heteroatoms. The molecule has 1 aromatic heterocycles. The number of carbonyl (C=O) groups excluding carboxylic acids is 1. The predicted molar refractivity (Wildman–Crippen MR) is 104 cm³/mol. The maximum Gasteiger partial charge on any atom is 0.410 e. The van der Waals surface area contributed by atoms with Crippen LogP contribution in [0.5, 0.6) is 0 Å². The zero-order valence-corrected chi connectivity index (χ0v) is 16.1. The van der Waals surface area contributed by atoms with Crippen LogP contribution >= 0.6 is 11.8 Å². The number of amides is 1. The lowest BCUT2D eigenvalue weighted by Crippen LogP contribution is -2.50. The number of fused-ring (bicyclic) bond motifs is 1. The molecular weight excluding hydrogens is 334 g/mol. The Hall–Kier alpha value is -1.95. The van der Waals surface area contributed by atoms with E-state index >= 15 is 0 Å². The van der Waals surface area contributed by atoms with E-state index in [0.29, 0.717) is 13.1 Å². The largest absolute Gasteiger partial charge is 0.444 e. The summed E-state index contributed by atoms with van der Waals surface area (Å²) in [5.41, 5.74) is 1.73. The van der Waals surface area contributed by atoms with Gasteiger partial charge in [-0.2, -0.15) is 0 Å². The van der Waals surface area contributed by atoms with Gasteiger partial charge in [0.05, 0.1) is 5.52 Å². The van der Waals surface area contributed by atoms with E-state index in [-0.39, 0.29) is 6.09 Å². The molecule has 1 saturated heterocycles. The molecule has 1 aliphatic heterocycles. The summed E-state index contributed by atoms with van der Waals surface area (Å²) in [6.45, 7) is 8.61. The molecule has 0 unspecified atom stereocenters. The number of hydrogen-bond donors (Lipinski definition) is 0. The lowest BCUT2D eigenvalue weighted by Gasteiger charge is -2.37. The van der Waals surface area contributed by atoms with E-state index in [2.05, 4.69) is 40.4 Å². The summed E-state index contributed by atoms with van der Waals surface area (Å²) >= 11 is 1.73. The lowest BCUT2D eigenvalue weighted by molar-refractivity contribution is 0.0240. The average molecular weight is 359 g/mol. The van der Waals surface area contributed by atoms with Crippen LogP contribution in [0.4, 0.5) is 10.5 Å². The van der Waals surface area contributed by atoms with E-state index in [1.807, 2.05) is 27.0 Å². The Morgan fingerprint density at radius 3 is 2.52 bits per heavy atom. The first-order chi connectivity index (χ1) is 11.9. The first-order valence-corrected chi connectivity index (χ1v) is 9.75. The molecule has 0 radical (unpaired) electrons. The monoisotopic (exact) mass is 359 g/mol. The highest BCUT2D eigenvalue weighted by atomic mass is 32.2. The number of thioether (sulfide) groups is 1. The van der Waals surface area contributed by atoms with Crippen molar-refractivity contribution in [2.45, 2.75) is 31.3 Å². The molecule has 1 aliphatic rings. The van der Waals surface area contributed by atoms with Crippen LogP contribution in [0, 0.1) is 0 Å². The summed E-state index contributed by atoms with van der Waals surface area (Å²) in [4.78, 5) is 22.0. The minimum atomic E-state index is -0.455. The summed E-state index contributed by atoms with van der Waals surface area (Å²) in [6.07, 6.45) is 3.71. The van der Waals surface area contributed by atoms with Crippen LogP contribution in [-0.2, 0) is 4.74 Å². The van der Waals surface area contributed by atoms with Crippen LogP contribution in [0.2, 0.25) is 0 Å². The first-order valence-electron chi connectivity index (χ1n) is 8.53. The van der Waals surface area contributed by atoms with Crippen LogP contribution in [-0.4, -0.2) is 54.0 Å². The van der Waals surface area contributed by atoms with Gasteiger partial charge in [0.25, 0.3) is 0 Å². The Balaban J connectivity index is 1.75. The maximum absolute atomic E-state index is 12.2. The van der Waals surface area contributed by atoms with Gasteiger partial charge in [0, 0.05) is 48.3 Å². The number of nitrogens with zero attached hydrogens (tertiary/aromatic N) is 3. The smallest absolute Gasteiger partial charge is 0.410 e. The molecule has 5 nitrogen and oxygen atoms in total. The van der Waals surface area contributed by atoms with Crippen LogP contribution in [0.25, 0.3) is 10.9 Å². The van der Waals surface area contributed by atoms with Gasteiger partial charge in [-0.3, -0.25) is 4.98 Å². The van der Waals surface area contributed by atoms with Gasteiger partial charge < -0.3 is 14.5 Å². The average Bonchev–Trinajstić information content (AvgIpc) is 2.59. The molecular formula is C19H25N3O2S. The fourth-order valence-electron chi connectivity index (χ4n) is 2.97. The fourth-order valence-corrected chi connectivity index (χ4v) is 3.41. The summed E-state index contributed by atoms with van der Waals surface area (Å²) in [5, 5.41) is 1.17. The van der Waals surface area contributed by atoms with Crippen molar-refractivity contribution in [1.29, 1.82) is 0 Å². The molecule has 1 fully saturated rings. The molecule has 134 valence electrons. The highest BCUT2D eigenvalue weighted by molar-refractivity contribution is 7.98.